The van der Waals surface area contributed by atoms with Crippen molar-refractivity contribution in [1.29, 1.82) is 0 Å². The summed E-state index contributed by atoms with van der Waals surface area (Å²) in [5.41, 5.74) is 0.0812. The Hall–Kier alpha value is -2.77. The number of aromatic nitrogens is 3. The molecular formula is C15H18N4O4. The molecule has 0 fully saturated rings. The molecule has 0 aliphatic rings. The van der Waals surface area contributed by atoms with E-state index in [0.29, 0.717) is 23.7 Å². The van der Waals surface area contributed by atoms with Gasteiger partial charge in [0.25, 0.3) is 5.56 Å². The number of carbonyl (C=O) groups excluding carboxylic acids is 1. The third-order valence-electron chi connectivity index (χ3n) is 3.39. The van der Waals surface area contributed by atoms with E-state index in [1.54, 1.807) is 24.3 Å². The topological polar surface area (TPSA) is 114 Å². The normalized spacial score (nSPS) is 12.0. The smallest absolute Gasteiger partial charge is 0.305 e. The Morgan fingerprint density at radius 1 is 1.35 bits per heavy atom. The summed E-state index contributed by atoms with van der Waals surface area (Å²) in [5, 5.41) is 19.4. The molecule has 0 aliphatic carbocycles. The highest BCUT2D eigenvalue weighted by molar-refractivity contribution is 5.81. The maximum Gasteiger partial charge on any atom is 0.305 e. The lowest BCUT2D eigenvalue weighted by Crippen LogP contribution is -2.39. The largest absolute Gasteiger partial charge is 0.481 e. The lowest BCUT2D eigenvalue weighted by molar-refractivity contribution is -0.137. The van der Waals surface area contributed by atoms with E-state index < -0.39 is 17.9 Å². The maximum absolute atomic E-state index is 12.5. The lowest BCUT2D eigenvalue weighted by atomic mass is 10.1. The number of benzene rings is 1. The van der Waals surface area contributed by atoms with Gasteiger partial charge >= 0.3 is 5.97 Å². The number of fused-ring (bicyclic) bond motifs is 1. The molecule has 8 heteroatoms. The number of amides is 1. The van der Waals surface area contributed by atoms with E-state index in [-0.39, 0.29) is 18.5 Å². The number of hydrogen-bond donors (Lipinski definition) is 2. The lowest BCUT2D eigenvalue weighted by Gasteiger charge is -2.17. The second kappa shape index (κ2) is 7.48. The fraction of sp³-hybridized carbons (Fsp3) is 0.400. The van der Waals surface area contributed by atoms with Crippen LogP contribution in [0.2, 0.25) is 0 Å². The molecule has 1 aromatic heterocycles. The molecule has 8 nitrogen and oxygen atoms in total. The third-order valence-corrected chi connectivity index (χ3v) is 3.39. The Balaban J connectivity index is 2.30. The Bertz CT molecular complexity index is 771. The van der Waals surface area contributed by atoms with Crippen LogP contribution < -0.4 is 10.9 Å². The van der Waals surface area contributed by atoms with Gasteiger partial charge in [-0.15, -0.1) is 5.10 Å². The van der Waals surface area contributed by atoms with Gasteiger partial charge in [-0.3, -0.25) is 14.4 Å². The highest BCUT2D eigenvalue weighted by atomic mass is 16.4. The van der Waals surface area contributed by atoms with Gasteiger partial charge in [0.05, 0.1) is 11.8 Å². The summed E-state index contributed by atoms with van der Waals surface area (Å²) in [6, 6.07) is 5.98. The van der Waals surface area contributed by atoms with Crippen molar-refractivity contribution in [1.82, 2.24) is 20.3 Å². The molecule has 1 heterocycles. The number of carboxylic acid groups (broad SMARTS) is 1. The Morgan fingerprint density at radius 3 is 2.78 bits per heavy atom. The number of nitrogens with zero attached hydrogens (tertiary/aromatic N) is 3. The monoisotopic (exact) mass is 318 g/mol. The molecule has 23 heavy (non-hydrogen) atoms. The molecule has 0 aliphatic heterocycles. The summed E-state index contributed by atoms with van der Waals surface area (Å²) in [6.07, 6.45) is 0.896. The standard InChI is InChI=1S/C15H18N4O4/c1-2-5-12(14(22)16-9-8-13(20)21)19-15(23)10-6-3-4-7-11(10)17-18-19/h3-4,6-7,12H,2,5,8-9H2,1H3,(H,16,22)(H,20,21)/t12-/m0/s1. The van der Waals surface area contributed by atoms with Gasteiger partial charge in [-0.2, -0.15) is 4.68 Å². The van der Waals surface area contributed by atoms with E-state index in [1.165, 1.54) is 0 Å². The van der Waals surface area contributed by atoms with E-state index in [1.807, 2.05) is 6.92 Å². The van der Waals surface area contributed by atoms with Crippen LogP contribution in [0.25, 0.3) is 10.9 Å². The number of rotatable bonds is 7. The minimum Gasteiger partial charge on any atom is -0.481 e. The van der Waals surface area contributed by atoms with E-state index in [9.17, 15) is 14.4 Å². The molecule has 1 atom stereocenters. The molecular weight excluding hydrogens is 300 g/mol. The van der Waals surface area contributed by atoms with Crippen LogP contribution in [0, 0.1) is 0 Å². The Kier molecular flexibility index (Phi) is 5.40. The van der Waals surface area contributed by atoms with Gasteiger partial charge in [0.2, 0.25) is 5.91 Å². The zero-order valence-corrected chi connectivity index (χ0v) is 12.7. The number of carbonyl (C=O) groups is 2. The molecule has 0 bridgehead atoms. The number of carboxylic acids is 1. The zero-order chi connectivity index (χ0) is 16.8. The summed E-state index contributed by atoms with van der Waals surface area (Å²) in [7, 11) is 0. The summed E-state index contributed by atoms with van der Waals surface area (Å²) in [4.78, 5) is 35.3. The van der Waals surface area contributed by atoms with Crippen molar-refractivity contribution < 1.29 is 14.7 Å². The molecule has 1 aromatic carbocycles. The minimum absolute atomic E-state index is 0.00411. The van der Waals surface area contributed by atoms with E-state index in [0.717, 1.165) is 4.68 Å². The Morgan fingerprint density at radius 2 is 2.09 bits per heavy atom. The first-order valence-electron chi connectivity index (χ1n) is 7.38. The van der Waals surface area contributed by atoms with E-state index in [2.05, 4.69) is 15.6 Å². The highest BCUT2D eigenvalue weighted by Crippen LogP contribution is 2.12. The average Bonchev–Trinajstić information content (AvgIpc) is 2.53. The summed E-state index contributed by atoms with van der Waals surface area (Å²) in [5.74, 6) is -1.43. The van der Waals surface area contributed by atoms with Gasteiger partial charge in [0.1, 0.15) is 11.6 Å². The molecule has 1 amide bonds. The van der Waals surface area contributed by atoms with E-state index in [4.69, 9.17) is 5.11 Å². The van der Waals surface area contributed by atoms with Gasteiger partial charge in [0.15, 0.2) is 0 Å². The van der Waals surface area contributed by atoms with Crippen molar-refractivity contribution >= 4 is 22.8 Å². The summed E-state index contributed by atoms with van der Waals surface area (Å²) < 4.78 is 1.07. The maximum atomic E-state index is 12.5. The van der Waals surface area contributed by atoms with Gasteiger partial charge in [-0.1, -0.05) is 30.7 Å². The van der Waals surface area contributed by atoms with Crippen LogP contribution in [-0.4, -0.2) is 38.5 Å². The minimum atomic E-state index is -1.000. The fourth-order valence-corrected chi connectivity index (χ4v) is 2.25. The van der Waals surface area contributed by atoms with Crippen LogP contribution in [0.5, 0.6) is 0 Å². The van der Waals surface area contributed by atoms with Crippen molar-refractivity contribution in [2.24, 2.45) is 0 Å². The van der Waals surface area contributed by atoms with Crippen molar-refractivity contribution in [3.05, 3.63) is 34.6 Å². The first kappa shape index (κ1) is 16.6. The summed E-state index contributed by atoms with van der Waals surface area (Å²) in [6.45, 7) is 1.89. The predicted molar refractivity (Wildman–Crippen MR) is 83.0 cm³/mol. The van der Waals surface area contributed by atoms with Crippen LogP contribution in [0.1, 0.15) is 32.2 Å². The number of hydrogen-bond acceptors (Lipinski definition) is 5. The van der Waals surface area contributed by atoms with Crippen LogP contribution in [0.15, 0.2) is 29.1 Å². The van der Waals surface area contributed by atoms with Crippen molar-refractivity contribution in [2.75, 3.05) is 6.54 Å². The quantitative estimate of drug-likeness (QED) is 0.777. The van der Waals surface area contributed by atoms with Crippen molar-refractivity contribution in [3.63, 3.8) is 0 Å². The average molecular weight is 318 g/mol. The van der Waals surface area contributed by atoms with Crippen molar-refractivity contribution in [3.8, 4) is 0 Å². The van der Waals surface area contributed by atoms with E-state index >= 15 is 0 Å². The molecule has 0 radical (unpaired) electrons. The van der Waals surface area contributed by atoms with Crippen LogP contribution in [0.3, 0.4) is 0 Å². The molecule has 2 N–H and O–H groups in total. The third kappa shape index (κ3) is 3.91. The summed E-state index contributed by atoms with van der Waals surface area (Å²) >= 11 is 0. The Labute approximate surface area is 132 Å². The predicted octanol–water partition coefficient (Wildman–Crippen LogP) is 0.724. The molecule has 0 saturated carbocycles. The highest BCUT2D eigenvalue weighted by Gasteiger charge is 2.23. The molecule has 0 spiro atoms. The molecule has 0 unspecified atom stereocenters. The zero-order valence-electron chi connectivity index (χ0n) is 12.7. The number of aliphatic carboxylic acids is 1. The van der Waals surface area contributed by atoms with Gasteiger partial charge in [0, 0.05) is 6.54 Å². The first-order chi connectivity index (χ1) is 11.0. The van der Waals surface area contributed by atoms with Crippen molar-refractivity contribution in [2.45, 2.75) is 32.2 Å². The van der Waals surface area contributed by atoms with Gasteiger partial charge in [-0.05, 0) is 18.6 Å². The van der Waals surface area contributed by atoms with Gasteiger partial charge < -0.3 is 10.4 Å². The van der Waals surface area contributed by atoms with Crippen LogP contribution in [-0.2, 0) is 9.59 Å². The first-order valence-corrected chi connectivity index (χ1v) is 7.38. The second-order valence-corrected chi connectivity index (χ2v) is 5.10. The molecule has 2 rings (SSSR count). The fourth-order valence-electron chi connectivity index (χ4n) is 2.25. The van der Waals surface area contributed by atoms with Gasteiger partial charge in [-0.25, -0.2) is 0 Å². The second-order valence-electron chi connectivity index (χ2n) is 5.10. The van der Waals surface area contributed by atoms with Crippen LogP contribution in [0.4, 0.5) is 0 Å². The van der Waals surface area contributed by atoms with Crippen LogP contribution >= 0.6 is 0 Å². The molecule has 0 saturated heterocycles. The number of nitrogens with one attached hydrogen (secondary N) is 1. The SMILES string of the molecule is CCC[C@@H](C(=O)NCCC(=O)O)n1nnc2ccccc2c1=O. The molecule has 2 aromatic rings. The molecule has 122 valence electrons.